The van der Waals surface area contributed by atoms with Crippen LogP contribution in [0, 0.1) is 0 Å². The van der Waals surface area contributed by atoms with Crippen molar-refractivity contribution in [1.82, 2.24) is 5.32 Å². The van der Waals surface area contributed by atoms with Crippen molar-refractivity contribution in [3.63, 3.8) is 0 Å². The molecule has 0 aliphatic rings. The summed E-state index contributed by atoms with van der Waals surface area (Å²) in [4.78, 5) is 12.3. The number of hydrogen-bond acceptors (Lipinski definition) is 2. The van der Waals surface area contributed by atoms with Gasteiger partial charge in [0.1, 0.15) is 0 Å². The molecular weight excluding hydrogens is 260 g/mol. The highest BCUT2D eigenvalue weighted by Crippen LogP contribution is 2.17. The minimum atomic E-state index is -0.0780. The summed E-state index contributed by atoms with van der Waals surface area (Å²) in [5.41, 5.74) is 9.38. The first-order valence-corrected chi connectivity index (χ1v) is 7.23. The van der Waals surface area contributed by atoms with Crippen LogP contribution in [0.3, 0.4) is 0 Å². The lowest BCUT2D eigenvalue weighted by atomic mass is 10.0. The molecule has 2 aromatic rings. The number of nitrogen functional groups attached to an aromatic ring is 1. The normalized spacial score (nSPS) is 12.2. The van der Waals surface area contributed by atoms with Crippen molar-refractivity contribution in [3.8, 4) is 0 Å². The lowest BCUT2D eigenvalue weighted by Crippen LogP contribution is -2.26. The molecule has 0 bridgehead atoms. The minimum Gasteiger partial charge on any atom is -0.399 e. The molecule has 0 fully saturated rings. The predicted octanol–water partition coefficient (Wildman–Crippen LogP) is 3.88. The SMILES string of the molecule is CC(C)c1ccc(C(=O)NC(C)c2cccc(N)c2)cc1. The summed E-state index contributed by atoms with van der Waals surface area (Å²) in [5.74, 6) is 0.397. The predicted molar refractivity (Wildman–Crippen MR) is 87.3 cm³/mol. The van der Waals surface area contributed by atoms with Crippen LogP contribution < -0.4 is 11.1 Å². The van der Waals surface area contributed by atoms with Gasteiger partial charge in [-0.15, -0.1) is 0 Å². The number of anilines is 1. The van der Waals surface area contributed by atoms with E-state index in [-0.39, 0.29) is 11.9 Å². The molecule has 0 heterocycles. The fourth-order valence-corrected chi connectivity index (χ4v) is 2.21. The van der Waals surface area contributed by atoms with E-state index in [1.807, 2.05) is 55.5 Å². The van der Waals surface area contributed by atoms with Crippen LogP contribution in [0.4, 0.5) is 5.69 Å². The largest absolute Gasteiger partial charge is 0.399 e. The standard InChI is InChI=1S/C18H22N2O/c1-12(2)14-7-9-15(10-8-14)18(21)20-13(3)16-5-4-6-17(19)11-16/h4-13H,19H2,1-3H3,(H,20,21). The first-order valence-electron chi connectivity index (χ1n) is 7.23. The Morgan fingerprint density at radius 2 is 1.67 bits per heavy atom. The summed E-state index contributed by atoms with van der Waals surface area (Å²) >= 11 is 0. The molecule has 0 aliphatic heterocycles. The Labute approximate surface area is 126 Å². The summed E-state index contributed by atoms with van der Waals surface area (Å²) in [7, 11) is 0. The molecule has 3 heteroatoms. The molecule has 0 radical (unpaired) electrons. The van der Waals surface area contributed by atoms with Crippen LogP contribution in [0.25, 0.3) is 0 Å². The van der Waals surface area contributed by atoms with E-state index in [1.165, 1.54) is 5.56 Å². The molecule has 3 N–H and O–H groups in total. The number of carbonyl (C=O) groups excluding carboxylic acids is 1. The van der Waals surface area contributed by atoms with Gasteiger partial charge in [-0.2, -0.15) is 0 Å². The maximum atomic E-state index is 12.3. The van der Waals surface area contributed by atoms with E-state index in [1.54, 1.807) is 0 Å². The summed E-state index contributed by atoms with van der Waals surface area (Å²) in [5, 5.41) is 2.99. The molecular formula is C18H22N2O. The molecule has 1 atom stereocenters. The van der Waals surface area contributed by atoms with Crippen molar-refractivity contribution in [2.75, 3.05) is 5.73 Å². The van der Waals surface area contributed by atoms with Gasteiger partial charge >= 0.3 is 0 Å². The van der Waals surface area contributed by atoms with Gasteiger partial charge in [0, 0.05) is 11.3 Å². The molecule has 110 valence electrons. The van der Waals surface area contributed by atoms with Crippen LogP contribution in [0.5, 0.6) is 0 Å². The highest BCUT2D eigenvalue weighted by Gasteiger charge is 2.11. The van der Waals surface area contributed by atoms with Gasteiger partial charge in [-0.3, -0.25) is 4.79 Å². The number of hydrogen-bond donors (Lipinski definition) is 2. The first kappa shape index (κ1) is 15.1. The van der Waals surface area contributed by atoms with Crippen molar-refractivity contribution in [3.05, 3.63) is 65.2 Å². The second-order valence-corrected chi connectivity index (χ2v) is 5.64. The zero-order valence-electron chi connectivity index (χ0n) is 12.8. The van der Waals surface area contributed by atoms with Gasteiger partial charge in [0.05, 0.1) is 6.04 Å². The molecule has 0 saturated carbocycles. The van der Waals surface area contributed by atoms with E-state index >= 15 is 0 Å². The van der Waals surface area contributed by atoms with Crippen LogP contribution in [0.1, 0.15) is 54.2 Å². The number of carbonyl (C=O) groups is 1. The minimum absolute atomic E-state index is 0.0692. The number of rotatable bonds is 4. The lowest BCUT2D eigenvalue weighted by Gasteiger charge is -2.15. The summed E-state index contributed by atoms with van der Waals surface area (Å²) in [6.07, 6.45) is 0. The Hall–Kier alpha value is -2.29. The van der Waals surface area contributed by atoms with Crippen molar-refractivity contribution >= 4 is 11.6 Å². The van der Waals surface area contributed by atoms with E-state index < -0.39 is 0 Å². The molecule has 2 aromatic carbocycles. The van der Waals surface area contributed by atoms with Crippen LogP contribution in [0.2, 0.25) is 0 Å². The van der Waals surface area contributed by atoms with Gasteiger partial charge in [0.2, 0.25) is 0 Å². The van der Waals surface area contributed by atoms with E-state index in [0.29, 0.717) is 17.2 Å². The maximum Gasteiger partial charge on any atom is 0.251 e. The van der Waals surface area contributed by atoms with Crippen molar-refractivity contribution in [2.24, 2.45) is 0 Å². The highest BCUT2D eigenvalue weighted by molar-refractivity contribution is 5.94. The lowest BCUT2D eigenvalue weighted by molar-refractivity contribution is 0.0940. The Morgan fingerprint density at radius 1 is 1.00 bits per heavy atom. The van der Waals surface area contributed by atoms with E-state index in [2.05, 4.69) is 19.2 Å². The quantitative estimate of drug-likeness (QED) is 0.836. The number of nitrogens with one attached hydrogen (secondary N) is 1. The van der Waals surface area contributed by atoms with Gasteiger partial charge in [-0.1, -0.05) is 38.1 Å². The third-order valence-corrected chi connectivity index (χ3v) is 3.60. The zero-order chi connectivity index (χ0) is 15.4. The third kappa shape index (κ3) is 3.85. The molecule has 0 aliphatic carbocycles. The van der Waals surface area contributed by atoms with Crippen molar-refractivity contribution < 1.29 is 4.79 Å². The summed E-state index contributed by atoms with van der Waals surface area (Å²) < 4.78 is 0. The van der Waals surface area contributed by atoms with Gasteiger partial charge in [0.15, 0.2) is 0 Å². The molecule has 0 aromatic heterocycles. The van der Waals surface area contributed by atoms with Gasteiger partial charge < -0.3 is 11.1 Å². The zero-order valence-corrected chi connectivity index (χ0v) is 12.8. The molecule has 0 saturated heterocycles. The van der Waals surface area contributed by atoms with Crippen LogP contribution >= 0.6 is 0 Å². The Balaban J connectivity index is 2.07. The maximum absolute atomic E-state index is 12.3. The Morgan fingerprint density at radius 3 is 2.24 bits per heavy atom. The average Bonchev–Trinajstić information content (AvgIpc) is 2.47. The number of benzene rings is 2. The smallest absolute Gasteiger partial charge is 0.251 e. The molecule has 3 nitrogen and oxygen atoms in total. The molecule has 2 rings (SSSR count). The highest BCUT2D eigenvalue weighted by atomic mass is 16.1. The molecule has 1 unspecified atom stereocenters. The van der Waals surface area contributed by atoms with E-state index in [9.17, 15) is 4.79 Å². The second-order valence-electron chi connectivity index (χ2n) is 5.64. The Bertz CT molecular complexity index is 617. The topological polar surface area (TPSA) is 55.1 Å². The third-order valence-electron chi connectivity index (χ3n) is 3.60. The Kier molecular flexibility index (Phi) is 4.63. The fourth-order valence-electron chi connectivity index (χ4n) is 2.21. The number of amides is 1. The van der Waals surface area contributed by atoms with E-state index in [4.69, 9.17) is 5.73 Å². The first-order chi connectivity index (χ1) is 9.97. The van der Waals surface area contributed by atoms with Crippen LogP contribution in [-0.2, 0) is 0 Å². The van der Waals surface area contributed by atoms with Crippen LogP contribution in [0.15, 0.2) is 48.5 Å². The molecule has 21 heavy (non-hydrogen) atoms. The number of nitrogens with two attached hydrogens (primary N) is 1. The summed E-state index contributed by atoms with van der Waals surface area (Å²) in [6.45, 7) is 6.23. The van der Waals surface area contributed by atoms with Gasteiger partial charge in [-0.25, -0.2) is 0 Å². The second kappa shape index (κ2) is 6.44. The van der Waals surface area contributed by atoms with Crippen molar-refractivity contribution in [2.45, 2.75) is 32.7 Å². The molecule has 1 amide bonds. The van der Waals surface area contributed by atoms with Gasteiger partial charge in [-0.05, 0) is 48.2 Å². The average molecular weight is 282 g/mol. The fraction of sp³-hybridized carbons (Fsp3) is 0.278. The monoisotopic (exact) mass is 282 g/mol. The van der Waals surface area contributed by atoms with Gasteiger partial charge in [0.25, 0.3) is 5.91 Å². The molecule has 0 spiro atoms. The van der Waals surface area contributed by atoms with E-state index in [0.717, 1.165) is 5.56 Å². The van der Waals surface area contributed by atoms with Crippen molar-refractivity contribution in [1.29, 1.82) is 0 Å². The van der Waals surface area contributed by atoms with Crippen LogP contribution in [-0.4, -0.2) is 5.91 Å². The summed E-state index contributed by atoms with van der Waals surface area (Å²) in [6, 6.07) is 15.2.